The van der Waals surface area contributed by atoms with Crippen LogP contribution in [0, 0.1) is 0 Å². The van der Waals surface area contributed by atoms with Crippen LogP contribution in [0.3, 0.4) is 0 Å². The Morgan fingerprint density at radius 1 is 0.857 bits per heavy atom. The van der Waals surface area contributed by atoms with Gasteiger partial charge in [0.2, 0.25) is 5.75 Å². The average molecular weight is 593 g/mol. The lowest BCUT2D eigenvalue weighted by molar-refractivity contribution is -0.145. The molecule has 42 heavy (non-hydrogen) atoms. The molecule has 0 saturated carbocycles. The van der Waals surface area contributed by atoms with Crippen molar-refractivity contribution >= 4 is 47.1 Å². The van der Waals surface area contributed by atoms with Gasteiger partial charge in [0, 0.05) is 16.1 Å². The van der Waals surface area contributed by atoms with Crippen LogP contribution in [0.4, 0.5) is 5.69 Å². The molecule has 0 unspecified atom stereocenters. The minimum Gasteiger partial charge on any atom is -0.493 e. The first-order chi connectivity index (χ1) is 20.3. The summed E-state index contributed by atoms with van der Waals surface area (Å²) >= 11 is 1.27. The van der Waals surface area contributed by atoms with Crippen LogP contribution in [0.25, 0.3) is 6.08 Å². The van der Waals surface area contributed by atoms with Crippen molar-refractivity contribution in [2.75, 3.05) is 39.0 Å². The number of Topliss-reactive ketones (excluding diaryl/α,β-unsaturated/α-hetero) is 1. The topological polar surface area (TPSA) is 129 Å². The molecule has 10 nitrogen and oxygen atoms in total. The third kappa shape index (κ3) is 9.13. The van der Waals surface area contributed by atoms with Gasteiger partial charge in [-0.1, -0.05) is 18.2 Å². The molecule has 3 rings (SSSR count). The Morgan fingerprint density at radius 2 is 1.50 bits per heavy atom. The summed E-state index contributed by atoms with van der Waals surface area (Å²) in [7, 11) is 4.45. The smallest absolute Gasteiger partial charge is 0.313 e. The summed E-state index contributed by atoms with van der Waals surface area (Å²) in [5.74, 6) is -0.573. The van der Waals surface area contributed by atoms with Gasteiger partial charge in [0.25, 0.3) is 11.8 Å². The predicted octanol–water partition coefficient (Wildman–Crippen LogP) is 4.74. The summed E-state index contributed by atoms with van der Waals surface area (Å²) in [5.41, 5.74) is 1.33. The Hall–Kier alpha value is -4.77. The summed E-state index contributed by atoms with van der Waals surface area (Å²) in [6.07, 6.45) is 1.23. The normalized spacial score (nSPS) is 10.8. The standard InChI is InChI=1S/C31H32N2O8S/c1-5-41-28(35)18-23(34)19-42-24-13-11-22(12-14-24)32-31(37)25(33-30(36)21-9-7-6-8-10-21)15-20-16-26(38-2)29(40-4)27(17-20)39-3/h6-17H,5,18-19H2,1-4H3,(H,32,37)(H,33,36)/b25-15-. The molecule has 11 heteroatoms. The Balaban J connectivity index is 1.80. The molecule has 0 fully saturated rings. The number of rotatable bonds is 14. The van der Waals surface area contributed by atoms with Gasteiger partial charge >= 0.3 is 5.97 Å². The van der Waals surface area contributed by atoms with E-state index in [-0.39, 0.29) is 30.3 Å². The highest BCUT2D eigenvalue weighted by Gasteiger charge is 2.18. The molecule has 3 aromatic carbocycles. The predicted molar refractivity (Wildman–Crippen MR) is 160 cm³/mol. The lowest BCUT2D eigenvalue weighted by atomic mass is 10.1. The van der Waals surface area contributed by atoms with Crippen molar-refractivity contribution in [3.63, 3.8) is 0 Å². The minimum absolute atomic E-state index is 0.0267. The zero-order valence-corrected chi connectivity index (χ0v) is 24.5. The van der Waals surface area contributed by atoms with Crippen LogP contribution in [0.1, 0.15) is 29.3 Å². The van der Waals surface area contributed by atoms with E-state index in [1.54, 1.807) is 73.7 Å². The molecular formula is C31H32N2O8S. The molecule has 0 aliphatic carbocycles. The number of methoxy groups -OCH3 is 3. The fourth-order valence-electron chi connectivity index (χ4n) is 3.71. The summed E-state index contributed by atoms with van der Waals surface area (Å²) in [4.78, 5) is 50.6. The number of ether oxygens (including phenoxy) is 4. The van der Waals surface area contributed by atoms with Gasteiger partial charge in [-0.15, -0.1) is 11.8 Å². The van der Waals surface area contributed by atoms with E-state index >= 15 is 0 Å². The van der Waals surface area contributed by atoms with Crippen LogP contribution in [0.2, 0.25) is 0 Å². The molecule has 0 atom stereocenters. The second-order valence-electron chi connectivity index (χ2n) is 8.62. The van der Waals surface area contributed by atoms with Crippen LogP contribution in [0.5, 0.6) is 17.2 Å². The Labute approximate surface area is 248 Å². The quantitative estimate of drug-likeness (QED) is 0.118. The van der Waals surface area contributed by atoms with Crippen LogP contribution in [0.15, 0.2) is 77.3 Å². The van der Waals surface area contributed by atoms with Crippen molar-refractivity contribution in [3.8, 4) is 17.2 Å². The number of benzene rings is 3. The lowest BCUT2D eigenvalue weighted by Crippen LogP contribution is -2.30. The molecule has 0 bridgehead atoms. The fraction of sp³-hybridized carbons (Fsp3) is 0.226. The van der Waals surface area contributed by atoms with E-state index in [2.05, 4.69) is 10.6 Å². The van der Waals surface area contributed by atoms with Gasteiger partial charge in [-0.05, 0) is 67.1 Å². The van der Waals surface area contributed by atoms with Crippen molar-refractivity contribution in [1.29, 1.82) is 0 Å². The molecule has 3 aromatic rings. The average Bonchev–Trinajstić information content (AvgIpc) is 3.00. The number of thioether (sulfide) groups is 1. The van der Waals surface area contributed by atoms with Crippen molar-refractivity contribution < 1.29 is 38.1 Å². The summed E-state index contributed by atoms with van der Waals surface area (Å²) < 4.78 is 21.0. The monoisotopic (exact) mass is 592 g/mol. The molecule has 0 aliphatic heterocycles. The zero-order chi connectivity index (χ0) is 30.5. The maximum absolute atomic E-state index is 13.4. The second kappa shape index (κ2) is 15.9. The van der Waals surface area contributed by atoms with Gasteiger partial charge in [0.1, 0.15) is 12.1 Å². The lowest BCUT2D eigenvalue weighted by Gasteiger charge is -2.15. The van der Waals surface area contributed by atoms with Gasteiger partial charge in [-0.3, -0.25) is 19.2 Å². The summed E-state index contributed by atoms with van der Waals surface area (Å²) in [5, 5.41) is 5.48. The van der Waals surface area contributed by atoms with Crippen molar-refractivity contribution in [1.82, 2.24) is 5.32 Å². The fourth-order valence-corrected chi connectivity index (χ4v) is 4.47. The largest absolute Gasteiger partial charge is 0.493 e. The van der Waals surface area contributed by atoms with E-state index in [0.29, 0.717) is 34.1 Å². The molecule has 0 heterocycles. The molecule has 220 valence electrons. The number of ketones is 1. The first-order valence-corrected chi connectivity index (χ1v) is 13.9. The first-order valence-electron chi connectivity index (χ1n) is 12.9. The maximum Gasteiger partial charge on any atom is 0.313 e. The highest BCUT2D eigenvalue weighted by Crippen LogP contribution is 2.38. The van der Waals surface area contributed by atoms with E-state index in [4.69, 9.17) is 18.9 Å². The molecule has 2 N–H and O–H groups in total. The van der Waals surface area contributed by atoms with Crippen LogP contribution < -0.4 is 24.8 Å². The molecule has 0 aliphatic rings. The highest BCUT2D eigenvalue weighted by molar-refractivity contribution is 8.00. The molecule has 0 aromatic heterocycles. The number of carbonyl (C=O) groups excluding carboxylic acids is 4. The van der Waals surface area contributed by atoms with Crippen LogP contribution >= 0.6 is 11.8 Å². The van der Waals surface area contributed by atoms with Gasteiger partial charge < -0.3 is 29.6 Å². The highest BCUT2D eigenvalue weighted by atomic mass is 32.2. The Bertz CT molecular complexity index is 1410. The van der Waals surface area contributed by atoms with Crippen molar-refractivity contribution in [3.05, 3.63) is 83.6 Å². The maximum atomic E-state index is 13.4. The zero-order valence-electron chi connectivity index (χ0n) is 23.7. The number of hydrogen-bond acceptors (Lipinski definition) is 9. The number of amides is 2. The number of carbonyl (C=O) groups is 4. The minimum atomic E-state index is -0.571. The first kappa shape index (κ1) is 31.8. The third-order valence-corrected chi connectivity index (χ3v) is 6.76. The Morgan fingerprint density at radius 3 is 2.07 bits per heavy atom. The molecule has 0 radical (unpaired) electrons. The summed E-state index contributed by atoms with van der Waals surface area (Å²) in [6, 6.07) is 18.6. The third-order valence-electron chi connectivity index (χ3n) is 5.69. The van der Waals surface area contributed by atoms with Gasteiger partial charge in [-0.25, -0.2) is 0 Å². The second-order valence-corrected chi connectivity index (χ2v) is 9.67. The number of hydrogen-bond donors (Lipinski definition) is 2. The van der Waals surface area contributed by atoms with Gasteiger partial charge in [0.15, 0.2) is 17.3 Å². The van der Waals surface area contributed by atoms with Crippen molar-refractivity contribution in [2.45, 2.75) is 18.2 Å². The van der Waals surface area contributed by atoms with Gasteiger partial charge in [0.05, 0.1) is 33.7 Å². The van der Waals surface area contributed by atoms with E-state index < -0.39 is 17.8 Å². The van der Waals surface area contributed by atoms with E-state index in [0.717, 1.165) is 4.90 Å². The molecule has 0 saturated heterocycles. The van der Waals surface area contributed by atoms with E-state index in [1.165, 1.54) is 39.2 Å². The Kier molecular flexibility index (Phi) is 12.0. The summed E-state index contributed by atoms with van der Waals surface area (Å²) in [6.45, 7) is 1.91. The van der Waals surface area contributed by atoms with Crippen LogP contribution in [-0.2, 0) is 19.1 Å². The van der Waals surface area contributed by atoms with Gasteiger partial charge in [-0.2, -0.15) is 0 Å². The number of esters is 1. The van der Waals surface area contributed by atoms with E-state index in [9.17, 15) is 19.2 Å². The number of nitrogens with one attached hydrogen (secondary N) is 2. The van der Waals surface area contributed by atoms with Crippen LogP contribution in [-0.4, -0.2) is 57.3 Å². The number of anilines is 1. The SMILES string of the molecule is CCOC(=O)CC(=O)CSc1ccc(NC(=O)/C(=C/c2cc(OC)c(OC)c(OC)c2)NC(=O)c2ccccc2)cc1. The molecular weight excluding hydrogens is 560 g/mol. The molecule has 0 spiro atoms. The molecule has 2 amide bonds. The van der Waals surface area contributed by atoms with E-state index in [1.807, 2.05) is 0 Å². The van der Waals surface area contributed by atoms with Crippen molar-refractivity contribution in [2.24, 2.45) is 0 Å².